The smallest absolute Gasteiger partial charge is 0.137 e. The Morgan fingerprint density at radius 3 is 2.57 bits per heavy atom. The lowest BCUT2D eigenvalue weighted by molar-refractivity contribution is 0.0447. The van der Waals surface area contributed by atoms with Crippen molar-refractivity contribution in [2.24, 2.45) is 0 Å². The first-order chi connectivity index (χ1) is 10.2. The Balaban J connectivity index is 2.16. The van der Waals surface area contributed by atoms with Gasteiger partial charge in [0.1, 0.15) is 18.0 Å². The summed E-state index contributed by atoms with van der Waals surface area (Å²) in [6, 6.07) is 13.3. The minimum Gasteiger partial charge on any atom is -0.386 e. The summed E-state index contributed by atoms with van der Waals surface area (Å²) in [5.74, 6) is -0.454. The van der Waals surface area contributed by atoms with Crippen LogP contribution in [0.2, 0.25) is 0 Å². The first kappa shape index (κ1) is 12.5. The minimum atomic E-state index is -1.22. The summed E-state index contributed by atoms with van der Waals surface area (Å²) in [6.07, 6.45) is 0.867. The molecule has 0 aromatic heterocycles. The maximum absolute atomic E-state index is 14.8. The third-order valence-electron chi connectivity index (χ3n) is 4.15. The van der Waals surface area contributed by atoms with Crippen molar-refractivity contribution in [2.45, 2.75) is 12.2 Å². The summed E-state index contributed by atoms with van der Waals surface area (Å²) in [6.45, 7) is 0. The average molecular weight is 280 g/mol. The first-order valence-electron chi connectivity index (χ1n) is 6.85. The van der Waals surface area contributed by atoms with Crippen LogP contribution in [0.25, 0.3) is 27.6 Å². The van der Waals surface area contributed by atoms with Crippen LogP contribution >= 0.6 is 0 Å². The van der Waals surface area contributed by atoms with Crippen molar-refractivity contribution in [1.29, 1.82) is 0 Å². The highest BCUT2D eigenvalue weighted by Crippen LogP contribution is 2.37. The third kappa shape index (κ3) is 1.71. The highest BCUT2D eigenvalue weighted by atomic mass is 19.1. The fourth-order valence-corrected chi connectivity index (χ4v) is 3.06. The second kappa shape index (κ2) is 4.38. The lowest BCUT2D eigenvalue weighted by Gasteiger charge is -2.23. The summed E-state index contributed by atoms with van der Waals surface area (Å²) in [4.78, 5) is 0. The Bertz CT molecular complexity index is 898. The molecular weight excluding hydrogens is 267 g/mol. The van der Waals surface area contributed by atoms with Gasteiger partial charge in [0, 0.05) is 10.9 Å². The summed E-state index contributed by atoms with van der Waals surface area (Å²) >= 11 is 0. The number of benzene rings is 3. The Kier molecular flexibility index (Phi) is 2.61. The van der Waals surface area contributed by atoms with Gasteiger partial charge < -0.3 is 10.2 Å². The van der Waals surface area contributed by atoms with Gasteiger partial charge in [-0.25, -0.2) is 4.39 Å². The van der Waals surface area contributed by atoms with Crippen molar-refractivity contribution in [3.8, 4) is 0 Å². The van der Waals surface area contributed by atoms with Gasteiger partial charge in [0.05, 0.1) is 0 Å². The maximum Gasteiger partial charge on any atom is 0.137 e. The van der Waals surface area contributed by atoms with Crippen LogP contribution < -0.4 is 0 Å². The van der Waals surface area contributed by atoms with Gasteiger partial charge >= 0.3 is 0 Å². The van der Waals surface area contributed by atoms with E-state index in [0.29, 0.717) is 10.9 Å². The van der Waals surface area contributed by atoms with E-state index in [1.165, 1.54) is 6.08 Å². The van der Waals surface area contributed by atoms with Crippen molar-refractivity contribution >= 4 is 27.6 Å². The molecule has 3 aromatic carbocycles. The molecule has 0 saturated heterocycles. The Morgan fingerprint density at radius 2 is 1.71 bits per heavy atom. The molecule has 4 rings (SSSR count). The molecular formula is C18H13FO2. The molecule has 21 heavy (non-hydrogen) atoms. The second-order valence-electron chi connectivity index (χ2n) is 5.37. The Labute approximate surface area is 120 Å². The van der Waals surface area contributed by atoms with E-state index in [0.717, 1.165) is 16.2 Å². The molecule has 0 bridgehead atoms. The minimum absolute atomic E-state index is 0.174. The number of fused-ring (bicyclic) bond motifs is 4. The predicted octanol–water partition coefficient (Wildman–Crippen LogP) is 3.55. The zero-order valence-corrected chi connectivity index (χ0v) is 11.1. The lowest BCUT2D eigenvalue weighted by atomic mass is 9.88. The van der Waals surface area contributed by atoms with E-state index in [4.69, 9.17) is 0 Å². The number of hydrogen-bond donors (Lipinski definition) is 2. The molecule has 0 radical (unpaired) electrons. The standard InChI is InChI=1S/C18H13FO2/c19-17-13-7-5-10-3-1-2-4-12(10)14(13)9-11-6-8-15(20)18(21)16(11)17/h1-9,15,18,20-21H/t15-,18+/m1/s1. The van der Waals surface area contributed by atoms with Gasteiger partial charge in [-0.2, -0.15) is 0 Å². The van der Waals surface area contributed by atoms with Crippen molar-refractivity contribution in [3.63, 3.8) is 0 Å². The van der Waals surface area contributed by atoms with Crippen molar-refractivity contribution in [3.05, 3.63) is 65.5 Å². The molecule has 3 heteroatoms. The molecule has 1 aliphatic rings. The zero-order chi connectivity index (χ0) is 14.6. The molecule has 0 saturated carbocycles. The second-order valence-corrected chi connectivity index (χ2v) is 5.37. The molecule has 0 fully saturated rings. The molecule has 3 aromatic rings. The van der Waals surface area contributed by atoms with Crippen LogP contribution in [0.5, 0.6) is 0 Å². The molecule has 0 aliphatic heterocycles. The predicted molar refractivity (Wildman–Crippen MR) is 81.4 cm³/mol. The van der Waals surface area contributed by atoms with E-state index in [1.54, 1.807) is 12.1 Å². The number of hydrogen-bond acceptors (Lipinski definition) is 2. The van der Waals surface area contributed by atoms with Gasteiger partial charge in [-0.05, 0) is 27.8 Å². The summed E-state index contributed by atoms with van der Waals surface area (Å²) in [5.41, 5.74) is 0.793. The zero-order valence-electron chi connectivity index (χ0n) is 11.1. The molecule has 0 amide bonds. The summed E-state index contributed by atoms with van der Waals surface area (Å²) in [7, 11) is 0. The maximum atomic E-state index is 14.8. The summed E-state index contributed by atoms with van der Waals surface area (Å²) in [5, 5.41) is 23.0. The van der Waals surface area contributed by atoms with Crippen LogP contribution in [0, 0.1) is 5.82 Å². The Hall–Kier alpha value is -2.23. The lowest BCUT2D eigenvalue weighted by Crippen LogP contribution is -2.21. The summed E-state index contributed by atoms with van der Waals surface area (Å²) < 4.78 is 14.8. The first-order valence-corrected chi connectivity index (χ1v) is 6.85. The highest BCUT2D eigenvalue weighted by Gasteiger charge is 2.27. The van der Waals surface area contributed by atoms with E-state index >= 15 is 0 Å². The van der Waals surface area contributed by atoms with E-state index in [1.807, 2.05) is 36.4 Å². The normalized spacial score (nSPS) is 20.9. The van der Waals surface area contributed by atoms with E-state index in [2.05, 4.69) is 0 Å². The fraction of sp³-hybridized carbons (Fsp3) is 0.111. The molecule has 0 spiro atoms. The molecule has 0 unspecified atom stereocenters. The van der Waals surface area contributed by atoms with Gasteiger partial charge in [0.15, 0.2) is 0 Å². The van der Waals surface area contributed by atoms with Crippen molar-refractivity contribution in [1.82, 2.24) is 0 Å². The quantitative estimate of drug-likeness (QED) is 0.618. The monoisotopic (exact) mass is 280 g/mol. The molecule has 1 aliphatic carbocycles. The van der Waals surface area contributed by atoms with Crippen LogP contribution in [0.4, 0.5) is 4.39 Å². The third-order valence-corrected chi connectivity index (χ3v) is 4.15. The largest absolute Gasteiger partial charge is 0.386 e. The van der Waals surface area contributed by atoms with Crippen LogP contribution in [0.1, 0.15) is 17.2 Å². The van der Waals surface area contributed by atoms with Gasteiger partial charge in [-0.3, -0.25) is 0 Å². The number of aliphatic hydroxyl groups is 2. The fourth-order valence-electron chi connectivity index (χ4n) is 3.06. The van der Waals surface area contributed by atoms with Crippen LogP contribution in [0.3, 0.4) is 0 Å². The number of aliphatic hydroxyl groups excluding tert-OH is 2. The molecule has 0 heterocycles. The van der Waals surface area contributed by atoms with Gasteiger partial charge in [0.25, 0.3) is 0 Å². The van der Waals surface area contributed by atoms with Crippen molar-refractivity contribution < 1.29 is 14.6 Å². The topological polar surface area (TPSA) is 40.5 Å². The van der Waals surface area contributed by atoms with Gasteiger partial charge in [0.2, 0.25) is 0 Å². The Morgan fingerprint density at radius 1 is 0.905 bits per heavy atom. The van der Waals surface area contributed by atoms with Gasteiger partial charge in [-0.1, -0.05) is 48.6 Å². The van der Waals surface area contributed by atoms with Crippen LogP contribution in [-0.4, -0.2) is 16.3 Å². The average Bonchev–Trinajstić information content (AvgIpc) is 2.51. The van der Waals surface area contributed by atoms with E-state index in [9.17, 15) is 14.6 Å². The molecule has 104 valence electrons. The van der Waals surface area contributed by atoms with Gasteiger partial charge in [-0.15, -0.1) is 0 Å². The number of halogens is 1. The highest BCUT2D eigenvalue weighted by molar-refractivity contribution is 6.08. The molecule has 2 N–H and O–H groups in total. The van der Waals surface area contributed by atoms with Crippen LogP contribution in [-0.2, 0) is 0 Å². The SMILES string of the molecule is O[C@@H]1C=Cc2cc3c(ccc4ccccc43)c(F)c2[C@H]1O. The van der Waals surface area contributed by atoms with E-state index < -0.39 is 18.0 Å². The van der Waals surface area contributed by atoms with Crippen LogP contribution in [0.15, 0.2) is 48.5 Å². The molecule has 2 nitrogen and oxygen atoms in total. The van der Waals surface area contributed by atoms with E-state index in [-0.39, 0.29) is 5.56 Å². The molecule has 2 atom stereocenters. The number of rotatable bonds is 0. The van der Waals surface area contributed by atoms with Crippen molar-refractivity contribution in [2.75, 3.05) is 0 Å².